The van der Waals surface area contributed by atoms with E-state index in [1.807, 2.05) is 32.0 Å². The normalized spacial score (nSPS) is 21.2. The lowest BCUT2D eigenvalue weighted by atomic mass is 9.64. The van der Waals surface area contributed by atoms with E-state index in [2.05, 4.69) is 11.4 Å². The first-order valence-electron chi connectivity index (χ1n) is 21.6. The van der Waals surface area contributed by atoms with Crippen LogP contribution in [0, 0.1) is 5.41 Å². The van der Waals surface area contributed by atoms with E-state index in [9.17, 15) is 33.0 Å². The van der Waals surface area contributed by atoms with Crippen molar-refractivity contribution in [1.29, 1.82) is 0 Å². The highest BCUT2D eigenvalue weighted by Gasteiger charge is 2.58. The fourth-order valence-corrected chi connectivity index (χ4v) is 9.62. The second-order valence-electron chi connectivity index (χ2n) is 17.3. The summed E-state index contributed by atoms with van der Waals surface area (Å²) in [5.41, 5.74) is 0.576. The van der Waals surface area contributed by atoms with Crippen molar-refractivity contribution < 1.29 is 51.6 Å². The molecule has 0 radical (unpaired) electrons. The highest BCUT2D eigenvalue weighted by Crippen LogP contribution is 2.59. The zero-order valence-electron chi connectivity index (χ0n) is 37.1. The van der Waals surface area contributed by atoms with Crippen LogP contribution in [0.25, 0.3) is 11.3 Å². The SMILES string of the molecule is COc1ccc(NC(=O)N(Cc2ccc(OC)cc2OC)CC2(O)CCC3c4ccc(cc4C(=O)c4ccc(-c5cc(C(F)(F)F)ccc5Cl)o4)CC(O)CCC(C)=CCCC32C)cc1. The number of carbonyl (C=O) groups excluding carboxylic acids is 2. The molecule has 14 heteroatoms. The largest absolute Gasteiger partial charge is 0.497 e. The van der Waals surface area contributed by atoms with Gasteiger partial charge >= 0.3 is 12.2 Å². The summed E-state index contributed by atoms with van der Waals surface area (Å²) < 4.78 is 63.6. The van der Waals surface area contributed by atoms with E-state index >= 15 is 0 Å². The Balaban J connectivity index is 1.30. The summed E-state index contributed by atoms with van der Waals surface area (Å²) in [6.45, 7) is 4.02. The minimum atomic E-state index is -4.63. The number of alkyl halides is 3. The predicted octanol–water partition coefficient (Wildman–Crippen LogP) is 11.6. The lowest BCUT2D eigenvalue weighted by Gasteiger charge is -2.46. The second-order valence-corrected chi connectivity index (χ2v) is 17.7. The number of methoxy groups -OCH3 is 3. The molecule has 0 saturated heterocycles. The van der Waals surface area contributed by atoms with Crippen molar-refractivity contribution >= 4 is 29.1 Å². The number of ketones is 1. The molecule has 0 spiro atoms. The zero-order chi connectivity index (χ0) is 46.7. The highest BCUT2D eigenvalue weighted by atomic mass is 35.5. The molecule has 10 nitrogen and oxygen atoms in total. The van der Waals surface area contributed by atoms with Gasteiger partial charge in [0.15, 0.2) is 5.76 Å². The number of urea groups is 1. The van der Waals surface area contributed by atoms with Crippen LogP contribution in [0.15, 0.2) is 107 Å². The van der Waals surface area contributed by atoms with Gasteiger partial charge in [0, 0.05) is 33.9 Å². The summed E-state index contributed by atoms with van der Waals surface area (Å²) in [5, 5.41) is 27.4. The Morgan fingerprint density at radius 2 is 1.65 bits per heavy atom. The van der Waals surface area contributed by atoms with E-state index in [0.717, 1.165) is 23.8 Å². The number of anilines is 1. The molecule has 2 amide bonds. The number of amides is 2. The third kappa shape index (κ3) is 10.2. The minimum Gasteiger partial charge on any atom is -0.497 e. The Morgan fingerprint density at radius 1 is 0.908 bits per heavy atom. The number of aliphatic hydroxyl groups excluding tert-OH is 1. The number of allylic oxidation sites excluding steroid dienone is 2. The molecule has 4 aromatic carbocycles. The molecule has 3 aliphatic carbocycles. The number of carbonyl (C=O) groups is 2. The Labute approximate surface area is 382 Å². The average Bonchev–Trinajstić information content (AvgIpc) is 3.87. The van der Waals surface area contributed by atoms with Crippen molar-refractivity contribution in [1.82, 2.24) is 4.90 Å². The summed E-state index contributed by atoms with van der Waals surface area (Å²) in [6, 6.07) is 23.1. The molecule has 1 saturated carbocycles. The molecule has 3 aliphatic rings. The number of nitrogens with one attached hydrogen (secondary N) is 1. The van der Waals surface area contributed by atoms with Crippen molar-refractivity contribution in [3.8, 4) is 28.6 Å². The van der Waals surface area contributed by atoms with Crippen LogP contribution in [0.5, 0.6) is 17.2 Å². The van der Waals surface area contributed by atoms with Gasteiger partial charge in [0.1, 0.15) is 23.0 Å². The first kappa shape index (κ1) is 47.2. The van der Waals surface area contributed by atoms with Gasteiger partial charge < -0.3 is 39.1 Å². The maximum absolute atomic E-state index is 14.8. The van der Waals surface area contributed by atoms with Crippen LogP contribution in [-0.4, -0.2) is 66.5 Å². The highest BCUT2D eigenvalue weighted by molar-refractivity contribution is 6.33. The van der Waals surface area contributed by atoms with Gasteiger partial charge in [-0.2, -0.15) is 13.2 Å². The Kier molecular flexibility index (Phi) is 14.1. The van der Waals surface area contributed by atoms with Crippen molar-refractivity contribution in [2.75, 3.05) is 33.2 Å². The van der Waals surface area contributed by atoms with Crippen LogP contribution in [0.3, 0.4) is 0 Å². The smallest absolute Gasteiger partial charge is 0.416 e. The van der Waals surface area contributed by atoms with Gasteiger partial charge in [-0.05, 0) is 142 Å². The van der Waals surface area contributed by atoms with Crippen LogP contribution < -0.4 is 19.5 Å². The maximum atomic E-state index is 14.8. The van der Waals surface area contributed by atoms with Gasteiger partial charge in [0.05, 0.1) is 56.7 Å². The molecule has 5 aromatic rings. The topological polar surface area (TPSA) is 131 Å². The number of hydrogen-bond donors (Lipinski definition) is 3. The molecule has 3 N–H and O–H groups in total. The summed E-state index contributed by atoms with van der Waals surface area (Å²) >= 11 is 6.37. The molecule has 8 rings (SSSR count). The van der Waals surface area contributed by atoms with E-state index < -0.39 is 46.6 Å². The third-order valence-electron chi connectivity index (χ3n) is 13.2. The number of aliphatic hydroxyl groups is 2. The number of hydrogen-bond acceptors (Lipinski definition) is 8. The zero-order valence-corrected chi connectivity index (χ0v) is 37.8. The molecule has 4 unspecified atom stereocenters. The van der Waals surface area contributed by atoms with E-state index in [1.165, 1.54) is 19.2 Å². The van der Waals surface area contributed by atoms with Gasteiger partial charge in [-0.25, -0.2) is 4.79 Å². The molecule has 1 aromatic heterocycles. The van der Waals surface area contributed by atoms with Crippen LogP contribution in [0.1, 0.15) is 96.7 Å². The second kappa shape index (κ2) is 19.4. The molecular formula is C51H54ClF3N2O8. The number of fused-ring (bicyclic) bond motifs is 8. The van der Waals surface area contributed by atoms with Gasteiger partial charge in [-0.3, -0.25) is 4.79 Å². The Bertz CT molecular complexity index is 2560. The summed E-state index contributed by atoms with van der Waals surface area (Å²) in [4.78, 5) is 30.8. The average molecular weight is 915 g/mol. The summed E-state index contributed by atoms with van der Waals surface area (Å²) in [5.74, 6) is 0.631. The molecule has 1 heterocycles. The maximum Gasteiger partial charge on any atom is 0.416 e. The standard InChI is InChI=1S/C51H54ClF3N2O8/c1-31-7-6-23-49(2)42(22-24-50(49,61)30-57(29-33-10-15-38(63-4)28-46(33)64-5)48(60)56-35-12-16-37(62-3)17-13-35)39-18-9-32(25-36(58)14-8-31)26-40(39)47(59)45-21-20-44(65-45)41-27-34(51(53,54)55)11-19-43(41)52/h7,9-13,15-21,26-28,36,42,58,61H,6,8,14,22-25,29-30H2,1-5H3,(H,56,60). The third-order valence-corrected chi connectivity index (χ3v) is 13.6. The number of halogens is 4. The van der Waals surface area contributed by atoms with E-state index in [-0.39, 0.29) is 53.6 Å². The lowest BCUT2D eigenvalue weighted by Crippen LogP contribution is -2.54. The number of ether oxygens (including phenoxy) is 3. The molecular weight excluding hydrogens is 861 g/mol. The van der Waals surface area contributed by atoms with Crippen molar-refractivity contribution in [3.05, 3.63) is 141 Å². The molecule has 2 bridgehead atoms. The lowest BCUT2D eigenvalue weighted by molar-refractivity contribution is -0.137. The molecule has 1 fully saturated rings. The van der Waals surface area contributed by atoms with Gasteiger partial charge in [0.25, 0.3) is 0 Å². The van der Waals surface area contributed by atoms with E-state index in [4.69, 9.17) is 30.2 Å². The minimum absolute atomic E-state index is 0.0107. The Morgan fingerprint density at radius 3 is 2.35 bits per heavy atom. The fraction of sp³-hybridized carbons (Fsp3) is 0.373. The van der Waals surface area contributed by atoms with Crippen molar-refractivity contribution in [3.63, 3.8) is 0 Å². The molecule has 344 valence electrons. The van der Waals surface area contributed by atoms with Crippen LogP contribution >= 0.6 is 11.6 Å². The fourth-order valence-electron chi connectivity index (χ4n) is 9.40. The molecule has 4 atom stereocenters. The monoisotopic (exact) mass is 914 g/mol. The summed E-state index contributed by atoms with van der Waals surface area (Å²) in [7, 11) is 4.65. The number of benzene rings is 4. The van der Waals surface area contributed by atoms with E-state index in [0.29, 0.717) is 71.7 Å². The molecule has 0 aliphatic heterocycles. The van der Waals surface area contributed by atoms with Crippen molar-refractivity contribution in [2.24, 2.45) is 5.41 Å². The van der Waals surface area contributed by atoms with Gasteiger partial charge in [0.2, 0.25) is 5.78 Å². The first-order chi connectivity index (χ1) is 30.9. The quantitative estimate of drug-likeness (QED) is 0.0882. The summed E-state index contributed by atoms with van der Waals surface area (Å²) in [6.07, 6.45) is -0.0100. The number of rotatable bonds is 11. The molecule has 65 heavy (non-hydrogen) atoms. The number of nitrogens with zero attached hydrogens (tertiary/aromatic N) is 1. The van der Waals surface area contributed by atoms with Crippen LogP contribution in [0.4, 0.5) is 23.7 Å². The number of furan rings is 1. The van der Waals surface area contributed by atoms with Crippen LogP contribution in [-0.2, 0) is 19.1 Å². The van der Waals surface area contributed by atoms with Crippen LogP contribution in [0.2, 0.25) is 5.02 Å². The van der Waals surface area contributed by atoms with E-state index in [1.54, 1.807) is 61.6 Å². The Hall–Kier alpha value is -5.76. The van der Waals surface area contributed by atoms with Gasteiger partial charge in [-0.15, -0.1) is 0 Å². The first-order valence-corrected chi connectivity index (χ1v) is 21.9. The van der Waals surface area contributed by atoms with Crippen molar-refractivity contribution in [2.45, 2.75) is 89.1 Å². The predicted molar refractivity (Wildman–Crippen MR) is 243 cm³/mol. The van der Waals surface area contributed by atoms with Gasteiger partial charge in [-0.1, -0.05) is 42.3 Å².